The minimum absolute atomic E-state index is 0.145. The highest BCUT2D eigenvalue weighted by Crippen LogP contribution is 2.09. The van der Waals surface area contributed by atoms with Crippen molar-refractivity contribution in [1.29, 1.82) is 0 Å². The van der Waals surface area contributed by atoms with E-state index in [0.29, 0.717) is 12.2 Å². The van der Waals surface area contributed by atoms with Crippen LogP contribution in [-0.2, 0) is 6.54 Å². The van der Waals surface area contributed by atoms with Crippen molar-refractivity contribution in [2.24, 2.45) is 0 Å². The molecule has 0 radical (unpaired) electrons. The first-order valence-electron chi connectivity index (χ1n) is 6.31. The normalized spacial score (nSPS) is 10.2. The molecule has 0 aliphatic heterocycles. The minimum Gasteiger partial charge on any atom is -0.370 e. The molecule has 0 unspecified atom stereocenters. The number of nitrogens with one attached hydrogen (secondary N) is 2. The summed E-state index contributed by atoms with van der Waals surface area (Å²) in [4.78, 5) is 17.4. The summed E-state index contributed by atoms with van der Waals surface area (Å²) in [5, 5.41) is 8.03. The molecule has 4 nitrogen and oxygen atoms in total. The number of aromatic nitrogens is 1. The maximum Gasteiger partial charge on any atom is 0.270 e. The maximum atomic E-state index is 12.0. The van der Waals surface area contributed by atoms with Crippen LogP contribution in [0.25, 0.3) is 0 Å². The van der Waals surface area contributed by atoms with E-state index in [-0.39, 0.29) is 5.91 Å². The Morgan fingerprint density at radius 1 is 1.32 bits per heavy atom. The quantitative estimate of drug-likeness (QED) is 0.852. The number of anilines is 1. The summed E-state index contributed by atoms with van der Waals surface area (Å²) in [6.45, 7) is 3.49. The summed E-state index contributed by atoms with van der Waals surface area (Å²) in [6.07, 6.45) is 1.02. The van der Waals surface area contributed by atoms with Gasteiger partial charge in [-0.15, -0.1) is 11.3 Å². The highest BCUT2D eigenvalue weighted by molar-refractivity contribution is 7.09. The number of carbonyl (C=O) groups is 1. The topological polar surface area (TPSA) is 54.0 Å². The molecular weight excluding hydrogens is 258 g/mol. The lowest BCUT2D eigenvalue weighted by molar-refractivity contribution is 0.0946. The standard InChI is InChI=1S/C14H17N3OS/c1-2-8-15-13-7-3-6-12(17-13)14(18)16-10-11-5-4-9-19-11/h3-7,9H,2,8,10H2,1H3,(H,15,17)(H,16,18). The van der Waals surface area contributed by atoms with Gasteiger partial charge in [0.2, 0.25) is 0 Å². The number of carbonyl (C=O) groups excluding carboxylic acids is 1. The van der Waals surface area contributed by atoms with Crippen LogP contribution in [0.5, 0.6) is 0 Å². The van der Waals surface area contributed by atoms with E-state index in [1.165, 1.54) is 0 Å². The molecule has 0 aromatic carbocycles. The van der Waals surface area contributed by atoms with E-state index in [1.54, 1.807) is 17.4 Å². The van der Waals surface area contributed by atoms with Gasteiger partial charge in [-0.1, -0.05) is 19.1 Å². The number of hydrogen-bond acceptors (Lipinski definition) is 4. The average molecular weight is 275 g/mol. The summed E-state index contributed by atoms with van der Waals surface area (Å²) < 4.78 is 0. The molecule has 5 heteroatoms. The van der Waals surface area contributed by atoms with E-state index in [9.17, 15) is 4.79 Å². The molecule has 0 bridgehead atoms. The van der Waals surface area contributed by atoms with E-state index in [1.807, 2.05) is 29.6 Å². The first-order chi connectivity index (χ1) is 9.29. The first kappa shape index (κ1) is 13.5. The van der Waals surface area contributed by atoms with E-state index in [2.05, 4.69) is 22.5 Å². The Balaban J connectivity index is 1.94. The lowest BCUT2D eigenvalue weighted by Crippen LogP contribution is -2.23. The summed E-state index contributed by atoms with van der Waals surface area (Å²) in [5.41, 5.74) is 0.442. The molecule has 0 aliphatic rings. The zero-order valence-electron chi connectivity index (χ0n) is 10.8. The second-order valence-corrected chi connectivity index (χ2v) is 5.13. The third kappa shape index (κ3) is 4.06. The van der Waals surface area contributed by atoms with Gasteiger partial charge in [-0.3, -0.25) is 4.79 Å². The van der Waals surface area contributed by atoms with Crippen LogP contribution in [0.2, 0.25) is 0 Å². The largest absolute Gasteiger partial charge is 0.370 e. The third-order valence-corrected chi connectivity index (χ3v) is 3.42. The molecule has 0 spiro atoms. The van der Waals surface area contributed by atoms with Gasteiger partial charge < -0.3 is 10.6 Å². The van der Waals surface area contributed by atoms with Crippen LogP contribution in [-0.4, -0.2) is 17.4 Å². The molecule has 0 saturated heterocycles. The molecule has 2 aromatic rings. The van der Waals surface area contributed by atoms with Crippen molar-refractivity contribution >= 4 is 23.1 Å². The second-order valence-electron chi connectivity index (χ2n) is 4.10. The Morgan fingerprint density at radius 2 is 2.21 bits per heavy atom. The van der Waals surface area contributed by atoms with Gasteiger partial charge in [0.05, 0.1) is 6.54 Å². The summed E-state index contributed by atoms with van der Waals surface area (Å²) >= 11 is 1.63. The van der Waals surface area contributed by atoms with E-state index >= 15 is 0 Å². The SMILES string of the molecule is CCCNc1cccc(C(=O)NCc2cccs2)n1. The molecular formula is C14H17N3OS. The fraction of sp³-hybridized carbons (Fsp3) is 0.286. The summed E-state index contributed by atoms with van der Waals surface area (Å²) in [6, 6.07) is 9.40. The molecule has 2 heterocycles. The van der Waals surface area contributed by atoms with Crippen LogP contribution < -0.4 is 10.6 Å². The van der Waals surface area contributed by atoms with Gasteiger partial charge >= 0.3 is 0 Å². The molecule has 2 aromatic heterocycles. The van der Waals surface area contributed by atoms with Crippen LogP contribution >= 0.6 is 11.3 Å². The highest BCUT2D eigenvalue weighted by atomic mass is 32.1. The van der Waals surface area contributed by atoms with Gasteiger partial charge in [0.1, 0.15) is 11.5 Å². The Labute approximate surface area is 116 Å². The summed E-state index contributed by atoms with van der Waals surface area (Å²) in [5.74, 6) is 0.596. The molecule has 2 N–H and O–H groups in total. The maximum absolute atomic E-state index is 12.0. The van der Waals surface area contributed by atoms with Crippen LogP contribution in [0.4, 0.5) is 5.82 Å². The van der Waals surface area contributed by atoms with Crippen molar-refractivity contribution in [3.63, 3.8) is 0 Å². The van der Waals surface area contributed by atoms with E-state index in [4.69, 9.17) is 0 Å². The average Bonchev–Trinajstić information content (AvgIpc) is 2.96. The molecule has 0 aliphatic carbocycles. The highest BCUT2D eigenvalue weighted by Gasteiger charge is 2.07. The van der Waals surface area contributed by atoms with Gasteiger partial charge in [-0.05, 0) is 30.0 Å². The van der Waals surface area contributed by atoms with Crippen LogP contribution in [0, 0.1) is 0 Å². The molecule has 0 saturated carbocycles. The third-order valence-electron chi connectivity index (χ3n) is 2.54. The van der Waals surface area contributed by atoms with Gasteiger partial charge in [-0.2, -0.15) is 0 Å². The Kier molecular flexibility index (Phi) is 4.92. The first-order valence-corrected chi connectivity index (χ1v) is 7.19. The number of amides is 1. The smallest absolute Gasteiger partial charge is 0.270 e. The lowest BCUT2D eigenvalue weighted by atomic mass is 10.3. The molecule has 0 atom stereocenters. The zero-order chi connectivity index (χ0) is 13.5. The van der Waals surface area contributed by atoms with Crippen molar-refractivity contribution in [1.82, 2.24) is 10.3 Å². The fourth-order valence-electron chi connectivity index (χ4n) is 1.58. The number of hydrogen-bond donors (Lipinski definition) is 2. The predicted molar refractivity (Wildman–Crippen MR) is 78.5 cm³/mol. The number of thiophene rings is 1. The van der Waals surface area contributed by atoms with Crippen molar-refractivity contribution in [3.05, 3.63) is 46.3 Å². The summed E-state index contributed by atoms with van der Waals surface area (Å²) in [7, 11) is 0. The van der Waals surface area contributed by atoms with Crippen LogP contribution in [0.3, 0.4) is 0 Å². The molecule has 0 fully saturated rings. The second kappa shape index (κ2) is 6.89. The van der Waals surface area contributed by atoms with Crippen LogP contribution in [0.15, 0.2) is 35.7 Å². The Morgan fingerprint density at radius 3 is 2.95 bits per heavy atom. The van der Waals surface area contributed by atoms with E-state index < -0.39 is 0 Å². The van der Waals surface area contributed by atoms with Crippen molar-refractivity contribution in [3.8, 4) is 0 Å². The van der Waals surface area contributed by atoms with Gasteiger partial charge in [-0.25, -0.2) is 4.98 Å². The number of pyridine rings is 1. The lowest BCUT2D eigenvalue weighted by Gasteiger charge is -2.06. The Bertz CT molecular complexity index is 525. The van der Waals surface area contributed by atoms with Crippen molar-refractivity contribution in [2.75, 3.05) is 11.9 Å². The Hall–Kier alpha value is -1.88. The predicted octanol–water partition coefficient (Wildman–Crippen LogP) is 2.90. The van der Waals surface area contributed by atoms with Gasteiger partial charge in [0, 0.05) is 11.4 Å². The molecule has 100 valence electrons. The van der Waals surface area contributed by atoms with Gasteiger partial charge in [0.25, 0.3) is 5.91 Å². The fourth-order valence-corrected chi connectivity index (χ4v) is 2.23. The molecule has 2 rings (SSSR count). The number of nitrogens with zero attached hydrogens (tertiary/aromatic N) is 1. The molecule has 1 amide bonds. The monoisotopic (exact) mass is 275 g/mol. The minimum atomic E-state index is -0.145. The van der Waals surface area contributed by atoms with Gasteiger partial charge in [0.15, 0.2) is 0 Å². The van der Waals surface area contributed by atoms with Crippen molar-refractivity contribution < 1.29 is 4.79 Å². The van der Waals surface area contributed by atoms with Crippen molar-refractivity contribution in [2.45, 2.75) is 19.9 Å². The zero-order valence-corrected chi connectivity index (χ0v) is 11.7. The van der Waals surface area contributed by atoms with E-state index in [0.717, 1.165) is 23.7 Å². The number of rotatable bonds is 6. The van der Waals surface area contributed by atoms with Crippen LogP contribution in [0.1, 0.15) is 28.7 Å². The molecule has 19 heavy (non-hydrogen) atoms.